The lowest BCUT2D eigenvalue weighted by atomic mass is 10.1. The van der Waals surface area contributed by atoms with Crippen molar-refractivity contribution in [1.29, 1.82) is 0 Å². The minimum Gasteiger partial charge on any atom is -0.381 e. The zero-order valence-corrected chi connectivity index (χ0v) is 12.4. The summed E-state index contributed by atoms with van der Waals surface area (Å²) in [5, 5.41) is 3.33. The molecule has 2 N–H and O–H groups in total. The summed E-state index contributed by atoms with van der Waals surface area (Å²) in [6.07, 6.45) is 2.66. The quantitative estimate of drug-likeness (QED) is 0.733. The zero-order chi connectivity index (χ0) is 15.4. The molecule has 0 saturated carbocycles. The van der Waals surface area contributed by atoms with E-state index >= 15 is 0 Å². The SMILES string of the molecule is CCc1[nH]cnc1-c1ccc(NCc2ccc(F)cc2)cc1. The number of benzene rings is 2. The van der Waals surface area contributed by atoms with Crippen molar-refractivity contribution in [3.8, 4) is 11.3 Å². The van der Waals surface area contributed by atoms with E-state index in [4.69, 9.17) is 0 Å². The number of nitrogens with zero attached hydrogens (tertiary/aromatic N) is 1. The largest absolute Gasteiger partial charge is 0.381 e. The number of aryl methyl sites for hydroxylation is 1. The summed E-state index contributed by atoms with van der Waals surface area (Å²) in [6, 6.07) is 14.7. The van der Waals surface area contributed by atoms with E-state index < -0.39 is 0 Å². The first-order chi connectivity index (χ1) is 10.8. The lowest BCUT2D eigenvalue weighted by Crippen LogP contribution is -1.99. The van der Waals surface area contributed by atoms with Gasteiger partial charge in [0.2, 0.25) is 0 Å². The van der Waals surface area contributed by atoms with Crippen molar-refractivity contribution < 1.29 is 4.39 Å². The van der Waals surface area contributed by atoms with Gasteiger partial charge < -0.3 is 10.3 Å². The van der Waals surface area contributed by atoms with Crippen molar-refractivity contribution in [2.45, 2.75) is 19.9 Å². The van der Waals surface area contributed by atoms with Gasteiger partial charge in [0, 0.05) is 23.5 Å². The first-order valence-corrected chi connectivity index (χ1v) is 7.37. The maximum Gasteiger partial charge on any atom is 0.123 e. The standard InChI is InChI=1S/C18H18FN3/c1-2-17-18(22-12-21-17)14-5-9-16(10-6-14)20-11-13-3-7-15(19)8-4-13/h3-10,12,20H,2,11H2,1H3,(H,21,22). The number of H-pyrrole nitrogens is 1. The molecular weight excluding hydrogens is 277 g/mol. The molecule has 0 aliphatic rings. The average molecular weight is 295 g/mol. The molecule has 22 heavy (non-hydrogen) atoms. The number of hydrogen-bond donors (Lipinski definition) is 2. The molecule has 0 bridgehead atoms. The van der Waals surface area contributed by atoms with Crippen LogP contribution in [-0.2, 0) is 13.0 Å². The Balaban J connectivity index is 1.68. The first-order valence-electron chi connectivity index (χ1n) is 7.37. The number of halogens is 1. The fraction of sp³-hybridized carbons (Fsp3) is 0.167. The molecule has 3 nitrogen and oxygen atoms in total. The molecule has 1 aromatic heterocycles. The minimum atomic E-state index is -0.209. The number of aromatic nitrogens is 2. The Hall–Kier alpha value is -2.62. The number of hydrogen-bond acceptors (Lipinski definition) is 2. The molecule has 0 aliphatic heterocycles. The first kappa shape index (κ1) is 14.3. The summed E-state index contributed by atoms with van der Waals surface area (Å²) in [6.45, 7) is 2.78. The van der Waals surface area contributed by atoms with Crippen molar-refractivity contribution in [3.05, 3.63) is 71.9 Å². The Bertz CT molecular complexity index is 730. The highest BCUT2D eigenvalue weighted by Gasteiger charge is 2.06. The molecule has 3 rings (SSSR count). The van der Waals surface area contributed by atoms with Gasteiger partial charge in [-0.1, -0.05) is 31.2 Å². The molecule has 2 aromatic carbocycles. The summed E-state index contributed by atoms with van der Waals surface area (Å²) in [5.74, 6) is -0.209. The summed E-state index contributed by atoms with van der Waals surface area (Å²) in [4.78, 5) is 7.54. The van der Waals surface area contributed by atoms with Crippen LogP contribution in [0.2, 0.25) is 0 Å². The van der Waals surface area contributed by atoms with Crippen LogP contribution in [0.4, 0.5) is 10.1 Å². The second-order valence-electron chi connectivity index (χ2n) is 5.14. The van der Waals surface area contributed by atoms with Crippen LogP contribution < -0.4 is 5.32 Å². The molecule has 0 atom stereocenters. The second-order valence-corrected chi connectivity index (χ2v) is 5.14. The molecule has 4 heteroatoms. The van der Waals surface area contributed by atoms with Gasteiger partial charge >= 0.3 is 0 Å². The highest BCUT2D eigenvalue weighted by molar-refractivity contribution is 5.64. The summed E-state index contributed by atoms with van der Waals surface area (Å²) in [7, 11) is 0. The zero-order valence-electron chi connectivity index (χ0n) is 12.4. The maximum absolute atomic E-state index is 12.9. The lowest BCUT2D eigenvalue weighted by molar-refractivity contribution is 0.627. The highest BCUT2D eigenvalue weighted by atomic mass is 19.1. The van der Waals surface area contributed by atoms with Gasteiger partial charge in [0.1, 0.15) is 5.82 Å². The third kappa shape index (κ3) is 3.17. The Morgan fingerprint density at radius 2 is 1.77 bits per heavy atom. The average Bonchev–Trinajstić information content (AvgIpc) is 3.03. The molecule has 0 spiro atoms. The molecule has 0 amide bonds. The van der Waals surface area contributed by atoms with Gasteiger partial charge in [-0.05, 0) is 36.2 Å². The fourth-order valence-corrected chi connectivity index (χ4v) is 2.39. The van der Waals surface area contributed by atoms with E-state index in [9.17, 15) is 4.39 Å². The van der Waals surface area contributed by atoms with Gasteiger partial charge in [-0.2, -0.15) is 0 Å². The van der Waals surface area contributed by atoms with Gasteiger partial charge in [0.15, 0.2) is 0 Å². The molecule has 0 unspecified atom stereocenters. The molecule has 0 fully saturated rings. The van der Waals surface area contributed by atoms with E-state index in [2.05, 4.69) is 34.3 Å². The van der Waals surface area contributed by atoms with E-state index in [1.165, 1.54) is 12.1 Å². The molecule has 1 heterocycles. The van der Waals surface area contributed by atoms with Crippen molar-refractivity contribution in [3.63, 3.8) is 0 Å². The number of nitrogens with one attached hydrogen (secondary N) is 2. The molecule has 0 radical (unpaired) electrons. The molecule has 112 valence electrons. The number of anilines is 1. The van der Waals surface area contributed by atoms with Gasteiger partial charge in [0.05, 0.1) is 12.0 Å². The van der Waals surface area contributed by atoms with Crippen molar-refractivity contribution in [2.24, 2.45) is 0 Å². The molecule has 0 aliphatic carbocycles. The Labute approximate surface area is 129 Å². The minimum absolute atomic E-state index is 0.209. The number of imidazole rings is 1. The highest BCUT2D eigenvalue weighted by Crippen LogP contribution is 2.22. The summed E-state index contributed by atoms with van der Waals surface area (Å²) < 4.78 is 12.9. The lowest BCUT2D eigenvalue weighted by Gasteiger charge is -2.08. The van der Waals surface area contributed by atoms with Crippen molar-refractivity contribution in [2.75, 3.05) is 5.32 Å². The van der Waals surface area contributed by atoms with Gasteiger partial charge in [-0.15, -0.1) is 0 Å². The Morgan fingerprint density at radius 3 is 2.45 bits per heavy atom. The monoisotopic (exact) mass is 295 g/mol. The smallest absolute Gasteiger partial charge is 0.123 e. The van der Waals surface area contributed by atoms with Crippen LogP contribution in [0, 0.1) is 5.82 Å². The van der Waals surface area contributed by atoms with Crippen molar-refractivity contribution in [1.82, 2.24) is 9.97 Å². The van der Waals surface area contributed by atoms with Crippen LogP contribution >= 0.6 is 0 Å². The Kier molecular flexibility index (Phi) is 4.19. The molecule has 3 aromatic rings. The van der Waals surface area contributed by atoms with E-state index in [-0.39, 0.29) is 5.82 Å². The fourth-order valence-electron chi connectivity index (χ4n) is 2.39. The molecular formula is C18H18FN3. The van der Waals surface area contributed by atoms with Crippen LogP contribution in [0.25, 0.3) is 11.3 Å². The normalized spacial score (nSPS) is 10.6. The predicted octanol–water partition coefficient (Wildman–Crippen LogP) is 4.39. The summed E-state index contributed by atoms with van der Waals surface area (Å²) >= 11 is 0. The van der Waals surface area contributed by atoms with Crippen LogP contribution in [0.3, 0.4) is 0 Å². The van der Waals surface area contributed by atoms with Gasteiger partial charge in [0.25, 0.3) is 0 Å². The predicted molar refractivity (Wildman–Crippen MR) is 87.1 cm³/mol. The second kappa shape index (κ2) is 6.43. The van der Waals surface area contributed by atoms with Crippen LogP contribution in [-0.4, -0.2) is 9.97 Å². The summed E-state index contributed by atoms with van der Waals surface area (Å²) in [5.41, 5.74) is 5.33. The number of aromatic amines is 1. The van der Waals surface area contributed by atoms with Crippen LogP contribution in [0.15, 0.2) is 54.9 Å². The van der Waals surface area contributed by atoms with Gasteiger partial charge in [-0.25, -0.2) is 9.37 Å². The van der Waals surface area contributed by atoms with Gasteiger partial charge in [-0.3, -0.25) is 0 Å². The number of rotatable bonds is 5. The Morgan fingerprint density at radius 1 is 1.05 bits per heavy atom. The van der Waals surface area contributed by atoms with Crippen molar-refractivity contribution >= 4 is 5.69 Å². The van der Waals surface area contributed by atoms with E-state index in [1.54, 1.807) is 18.5 Å². The van der Waals surface area contributed by atoms with E-state index in [0.717, 1.165) is 34.6 Å². The van der Waals surface area contributed by atoms with Crippen LogP contribution in [0.5, 0.6) is 0 Å². The van der Waals surface area contributed by atoms with E-state index in [1.807, 2.05) is 12.1 Å². The van der Waals surface area contributed by atoms with E-state index in [0.29, 0.717) is 6.54 Å². The third-order valence-electron chi connectivity index (χ3n) is 3.64. The van der Waals surface area contributed by atoms with Crippen LogP contribution in [0.1, 0.15) is 18.2 Å². The maximum atomic E-state index is 12.9. The molecule has 0 saturated heterocycles. The third-order valence-corrected chi connectivity index (χ3v) is 3.64. The topological polar surface area (TPSA) is 40.7 Å².